The first-order valence-electron chi connectivity index (χ1n) is 5.74. The Hall–Kier alpha value is -2.01. The summed E-state index contributed by atoms with van der Waals surface area (Å²) in [4.78, 5) is 12.1. The SMILES string of the molecule is CCn1cc(N)cc1C(=O)Nc1c(F)cccc1Cl. The number of nitrogens with zero attached hydrogens (tertiary/aromatic N) is 1. The number of amides is 1. The molecule has 0 saturated carbocycles. The summed E-state index contributed by atoms with van der Waals surface area (Å²) in [6.45, 7) is 2.47. The standard InChI is InChI=1S/C13H13ClFN3O/c1-2-18-7-8(16)6-11(18)13(19)17-12-9(14)4-3-5-10(12)15/h3-7H,2,16H2,1H3,(H,17,19). The minimum absolute atomic E-state index is 0.0309. The number of anilines is 2. The van der Waals surface area contributed by atoms with Gasteiger partial charge in [0.05, 0.1) is 16.4 Å². The molecule has 2 rings (SSSR count). The lowest BCUT2D eigenvalue weighted by Gasteiger charge is -2.09. The highest BCUT2D eigenvalue weighted by molar-refractivity contribution is 6.33. The number of hydrogen-bond acceptors (Lipinski definition) is 2. The van der Waals surface area contributed by atoms with Crippen LogP contribution in [0.3, 0.4) is 0 Å². The normalized spacial score (nSPS) is 10.5. The van der Waals surface area contributed by atoms with E-state index in [0.717, 1.165) is 0 Å². The minimum Gasteiger partial charge on any atom is -0.397 e. The number of halogens is 2. The molecule has 1 aromatic carbocycles. The van der Waals surface area contributed by atoms with E-state index in [-0.39, 0.29) is 10.7 Å². The van der Waals surface area contributed by atoms with Crippen LogP contribution in [0.4, 0.5) is 15.8 Å². The van der Waals surface area contributed by atoms with Crippen LogP contribution in [-0.2, 0) is 6.54 Å². The van der Waals surface area contributed by atoms with Crippen molar-refractivity contribution in [3.63, 3.8) is 0 Å². The summed E-state index contributed by atoms with van der Waals surface area (Å²) in [5.41, 5.74) is 6.45. The Bertz CT molecular complexity index is 604. The minimum atomic E-state index is -0.580. The van der Waals surface area contributed by atoms with Crippen molar-refractivity contribution in [3.8, 4) is 0 Å². The molecule has 0 aliphatic rings. The third-order valence-corrected chi connectivity index (χ3v) is 3.01. The van der Waals surface area contributed by atoms with Crippen LogP contribution in [0.15, 0.2) is 30.5 Å². The van der Waals surface area contributed by atoms with Gasteiger partial charge in [0.1, 0.15) is 11.5 Å². The molecule has 19 heavy (non-hydrogen) atoms. The topological polar surface area (TPSA) is 60.0 Å². The predicted octanol–water partition coefficient (Wildman–Crippen LogP) is 3.14. The molecule has 3 N–H and O–H groups in total. The van der Waals surface area contributed by atoms with Gasteiger partial charge in [-0.15, -0.1) is 0 Å². The van der Waals surface area contributed by atoms with Crippen LogP contribution < -0.4 is 11.1 Å². The molecule has 0 radical (unpaired) electrons. The van der Waals surface area contributed by atoms with E-state index in [2.05, 4.69) is 5.32 Å². The molecule has 0 atom stereocenters. The van der Waals surface area contributed by atoms with Crippen LogP contribution in [0.2, 0.25) is 5.02 Å². The average Bonchev–Trinajstić information content (AvgIpc) is 2.75. The first kappa shape index (κ1) is 13.4. The third kappa shape index (κ3) is 2.71. The quantitative estimate of drug-likeness (QED) is 0.908. The summed E-state index contributed by atoms with van der Waals surface area (Å²) < 4.78 is 15.3. The monoisotopic (exact) mass is 281 g/mol. The van der Waals surface area contributed by atoms with Crippen molar-refractivity contribution in [1.82, 2.24) is 4.57 Å². The lowest BCUT2D eigenvalue weighted by Crippen LogP contribution is -2.17. The first-order valence-corrected chi connectivity index (χ1v) is 6.11. The van der Waals surface area contributed by atoms with E-state index < -0.39 is 11.7 Å². The molecular weight excluding hydrogens is 269 g/mol. The van der Waals surface area contributed by atoms with Gasteiger partial charge in [0.2, 0.25) is 0 Å². The Balaban J connectivity index is 2.31. The highest BCUT2D eigenvalue weighted by Gasteiger charge is 2.15. The molecule has 1 amide bonds. The van der Waals surface area contributed by atoms with Crippen molar-refractivity contribution in [3.05, 3.63) is 47.0 Å². The van der Waals surface area contributed by atoms with E-state index in [0.29, 0.717) is 17.9 Å². The van der Waals surface area contributed by atoms with Crippen LogP contribution in [-0.4, -0.2) is 10.5 Å². The van der Waals surface area contributed by atoms with Gasteiger partial charge < -0.3 is 15.6 Å². The zero-order valence-corrected chi connectivity index (χ0v) is 11.0. The summed E-state index contributed by atoms with van der Waals surface area (Å²) in [6, 6.07) is 5.75. The lowest BCUT2D eigenvalue weighted by molar-refractivity contribution is 0.101. The number of carbonyl (C=O) groups is 1. The van der Waals surface area contributed by atoms with E-state index in [1.54, 1.807) is 10.8 Å². The summed E-state index contributed by atoms with van der Waals surface area (Å²) >= 11 is 5.85. The number of para-hydroxylation sites is 1. The van der Waals surface area contributed by atoms with Gasteiger partial charge in [0, 0.05) is 12.7 Å². The Morgan fingerprint density at radius 3 is 2.89 bits per heavy atom. The Kier molecular flexibility index (Phi) is 3.76. The zero-order valence-electron chi connectivity index (χ0n) is 10.3. The van der Waals surface area contributed by atoms with E-state index in [9.17, 15) is 9.18 Å². The van der Waals surface area contributed by atoms with Gasteiger partial charge in [0.25, 0.3) is 5.91 Å². The maximum Gasteiger partial charge on any atom is 0.272 e. The second-order valence-electron chi connectivity index (χ2n) is 4.00. The molecule has 0 unspecified atom stereocenters. The molecule has 100 valence electrons. The molecule has 1 heterocycles. The van der Waals surface area contributed by atoms with E-state index >= 15 is 0 Å². The second kappa shape index (κ2) is 5.32. The summed E-state index contributed by atoms with van der Waals surface area (Å²) in [6.07, 6.45) is 1.65. The molecule has 1 aromatic heterocycles. The molecular formula is C13H13ClFN3O. The number of aryl methyl sites for hydroxylation is 1. The number of hydrogen-bond donors (Lipinski definition) is 2. The van der Waals surface area contributed by atoms with E-state index in [1.165, 1.54) is 24.3 Å². The fraction of sp³-hybridized carbons (Fsp3) is 0.154. The molecule has 0 aliphatic carbocycles. The van der Waals surface area contributed by atoms with Gasteiger partial charge in [-0.2, -0.15) is 0 Å². The average molecular weight is 282 g/mol. The Labute approximate surface area is 115 Å². The van der Waals surface area contributed by atoms with Gasteiger partial charge >= 0.3 is 0 Å². The largest absolute Gasteiger partial charge is 0.397 e. The van der Waals surface area contributed by atoms with Gasteiger partial charge in [-0.1, -0.05) is 17.7 Å². The molecule has 4 nitrogen and oxygen atoms in total. The zero-order chi connectivity index (χ0) is 14.0. The molecule has 0 saturated heterocycles. The molecule has 2 aromatic rings. The van der Waals surface area contributed by atoms with E-state index in [4.69, 9.17) is 17.3 Å². The van der Waals surface area contributed by atoms with Gasteiger partial charge in [-0.25, -0.2) is 4.39 Å². The van der Waals surface area contributed by atoms with Crippen molar-refractivity contribution in [2.45, 2.75) is 13.5 Å². The summed E-state index contributed by atoms with van der Waals surface area (Å²) in [7, 11) is 0. The molecule has 0 aliphatic heterocycles. The van der Waals surface area contributed by atoms with Crippen molar-refractivity contribution in [2.24, 2.45) is 0 Å². The van der Waals surface area contributed by atoms with Gasteiger partial charge in [0.15, 0.2) is 0 Å². The fourth-order valence-electron chi connectivity index (χ4n) is 1.78. The number of carbonyl (C=O) groups excluding carboxylic acids is 1. The second-order valence-corrected chi connectivity index (χ2v) is 4.40. The Morgan fingerprint density at radius 1 is 1.53 bits per heavy atom. The number of rotatable bonds is 3. The van der Waals surface area contributed by atoms with Crippen LogP contribution in [0, 0.1) is 5.82 Å². The van der Waals surface area contributed by atoms with Crippen molar-refractivity contribution in [2.75, 3.05) is 11.1 Å². The fourth-order valence-corrected chi connectivity index (χ4v) is 1.99. The highest BCUT2D eigenvalue weighted by Crippen LogP contribution is 2.25. The smallest absolute Gasteiger partial charge is 0.272 e. The predicted molar refractivity (Wildman–Crippen MR) is 73.9 cm³/mol. The van der Waals surface area contributed by atoms with Crippen LogP contribution in [0.5, 0.6) is 0 Å². The maximum atomic E-state index is 13.6. The van der Waals surface area contributed by atoms with Crippen LogP contribution >= 0.6 is 11.6 Å². The van der Waals surface area contributed by atoms with Crippen molar-refractivity contribution in [1.29, 1.82) is 0 Å². The summed E-state index contributed by atoms with van der Waals surface area (Å²) in [5, 5.41) is 2.61. The van der Waals surface area contributed by atoms with Gasteiger partial charge in [-0.05, 0) is 25.1 Å². The highest BCUT2D eigenvalue weighted by atomic mass is 35.5. The lowest BCUT2D eigenvalue weighted by atomic mass is 10.3. The Morgan fingerprint density at radius 2 is 2.26 bits per heavy atom. The molecule has 0 spiro atoms. The van der Waals surface area contributed by atoms with Crippen molar-refractivity contribution >= 4 is 28.9 Å². The molecule has 0 fully saturated rings. The molecule has 0 bridgehead atoms. The summed E-state index contributed by atoms with van der Waals surface area (Å²) in [5.74, 6) is -1.03. The maximum absolute atomic E-state index is 13.6. The third-order valence-electron chi connectivity index (χ3n) is 2.69. The van der Waals surface area contributed by atoms with Gasteiger partial charge in [-0.3, -0.25) is 4.79 Å². The number of aromatic nitrogens is 1. The van der Waals surface area contributed by atoms with Crippen LogP contribution in [0.25, 0.3) is 0 Å². The number of nitrogens with two attached hydrogens (primary N) is 1. The number of nitrogen functional groups attached to an aromatic ring is 1. The van der Waals surface area contributed by atoms with Crippen molar-refractivity contribution < 1.29 is 9.18 Å². The number of benzene rings is 1. The molecule has 6 heteroatoms. The van der Waals surface area contributed by atoms with Crippen LogP contribution in [0.1, 0.15) is 17.4 Å². The van der Waals surface area contributed by atoms with E-state index in [1.807, 2.05) is 6.92 Å². The first-order chi connectivity index (χ1) is 9.02. The number of nitrogens with one attached hydrogen (secondary N) is 1.